The first-order valence-corrected chi connectivity index (χ1v) is 15.5. The zero-order chi connectivity index (χ0) is 33.5. The highest BCUT2D eigenvalue weighted by atomic mass is 16.5. The number of amides is 3. The lowest BCUT2D eigenvalue weighted by Crippen LogP contribution is -2.47. The molecule has 16 nitrogen and oxygen atoms in total. The number of hydrogen-bond donors (Lipinski definition) is 5. The van der Waals surface area contributed by atoms with Gasteiger partial charge in [0, 0.05) is 32.3 Å². The summed E-state index contributed by atoms with van der Waals surface area (Å²) in [6, 6.07) is 0.641. The maximum Gasteiger partial charge on any atom is 0.317 e. The van der Waals surface area contributed by atoms with Gasteiger partial charge in [0.25, 0.3) is 0 Å². The predicted octanol–water partition coefficient (Wildman–Crippen LogP) is -0.206. The van der Waals surface area contributed by atoms with Crippen molar-refractivity contribution >= 4 is 35.6 Å². The van der Waals surface area contributed by atoms with E-state index < -0.39 is 61.8 Å². The van der Waals surface area contributed by atoms with Crippen LogP contribution in [0.3, 0.4) is 0 Å². The molecule has 3 heterocycles. The smallest absolute Gasteiger partial charge is 0.317 e. The number of aliphatic carboxylic acids is 3. The summed E-state index contributed by atoms with van der Waals surface area (Å²) in [7, 11) is 0. The third-order valence-electron chi connectivity index (χ3n) is 7.85. The third-order valence-corrected chi connectivity index (χ3v) is 7.85. The number of carbonyl (C=O) groups is 6. The van der Waals surface area contributed by atoms with E-state index in [4.69, 9.17) is 14.9 Å². The van der Waals surface area contributed by atoms with E-state index in [0.29, 0.717) is 37.9 Å². The number of pyridine rings is 1. The van der Waals surface area contributed by atoms with Gasteiger partial charge in [0.05, 0.1) is 50.8 Å². The molecule has 5 N–H and O–H groups in total. The number of ether oxygens (including phenoxy) is 1. The number of nitrogens with one attached hydrogen (secondary N) is 2. The first-order chi connectivity index (χ1) is 22.0. The van der Waals surface area contributed by atoms with Crippen LogP contribution in [0.5, 0.6) is 5.75 Å². The van der Waals surface area contributed by atoms with Crippen molar-refractivity contribution in [3.63, 3.8) is 0 Å². The van der Waals surface area contributed by atoms with Gasteiger partial charge in [-0.25, -0.2) is 0 Å². The number of rotatable bonds is 18. The van der Waals surface area contributed by atoms with E-state index in [1.165, 1.54) is 18.8 Å². The van der Waals surface area contributed by atoms with Gasteiger partial charge in [-0.2, -0.15) is 0 Å². The van der Waals surface area contributed by atoms with Crippen LogP contribution in [-0.4, -0.2) is 136 Å². The number of likely N-dealkylation sites (tertiary alicyclic amines) is 2. The largest absolute Gasteiger partial charge is 0.490 e. The Morgan fingerprint density at radius 2 is 1.65 bits per heavy atom. The Morgan fingerprint density at radius 1 is 0.935 bits per heavy atom. The minimum absolute atomic E-state index is 0.0151. The second-order valence-corrected chi connectivity index (χ2v) is 11.6. The third kappa shape index (κ3) is 13.0. The summed E-state index contributed by atoms with van der Waals surface area (Å²) in [6.45, 7) is 1.93. The number of piperidine rings is 2. The SMILES string of the molecule is O=C(O)CC(NC(=O)[C@@H]1CCCN(C(=O)CCN2CCCCC2)C1)c1cncc(OCCNC(=O)CN(CC(=O)O)CC(=O)O)c1. The standard InChI is InChI=1S/C30H44N6O10/c37-25(18-35(19-28(41)42)20-29(43)44)32-7-12-46-23-13-22(15-31-16-23)24(14-27(39)40)33-30(45)21-5-4-10-36(17-21)26(38)6-11-34-8-2-1-3-9-34/h13,15-16,21,24H,1-12,14,17-20H2,(H,32,37)(H,33,45)(H,39,40)(H,41,42)(H,43,44)/t21-,24?/m1/s1. The van der Waals surface area contributed by atoms with Crippen molar-refractivity contribution in [2.75, 3.05) is 65.5 Å². The molecule has 1 unspecified atom stereocenters. The van der Waals surface area contributed by atoms with Crippen molar-refractivity contribution in [2.45, 2.75) is 51.0 Å². The van der Waals surface area contributed by atoms with Crippen molar-refractivity contribution in [1.29, 1.82) is 0 Å². The van der Waals surface area contributed by atoms with E-state index in [9.17, 15) is 33.9 Å². The zero-order valence-corrected chi connectivity index (χ0v) is 25.9. The highest BCUT2D eigenvalue weighted by Crippen LogP contribution is 2.24. The van der Waals surface area contributed by atoms with E-state index in [1.54, 1.807) is 11.0 Å². The number of hydrogen-bond acceptors (Lipinski definition) is 10. The number of carbonyl (C=O) groups excluding carboxylic acids is 3. The average molecular weight is 649 g/mol. The highest BCUT2D eigenvalue weighted by Gasteiger charge is 2.31. The monoisotopic (exact) mass is 648 g/mol. The second-order valence-electron chi connectivity index (χ2n) is 11.6. The first kappa shape index (κ1) is 36.2. The summed E-state index contributed by atoms with van der Waals surface area (Å²) in [5, 5.41) is 32.7. The van der Waals surface area contributed by atoms with Gasteiger partial charge in [0.15, 0.2) is 0 Å². The molecule has 3 amide bonds. The van der Waals surface area contributed by atoms with E-state index >= 15 is 0 Å². The van der Waals surface area contributed by atoms with Gasteiger partial charge in [0.2, 0.25) is 17.7 Å². The normalized spacial score (nSPS) is 17.6. The molecular formula is C30H44N6O10. The molecule has 0 radical (unpaired) electrons. The number of carboxylic acid groups (broad SMARTS) is 3. The molecule has 1 aromatic heterocycles. The van der Waals surface area contributed by atoms with Crippen molar-refractivity contribution in [3.8, 4) is 5.75 Å². The number of aromatic nitrogens is 1. The van der Waals surface area contributed by atoms with E-state index in [2.05, 4.69) is 20.5 Å². The van der Waals surface area contributed by atoms with Crippen molar-refractivity contribution < 1.29 is 48.8 Å². The van der Waals surface area contributed by atoms with Gasteiger partial charge in [-0.05, 0) is 50.4 Å². The predicted molar refractivity (Wildman–Crippen MR) is 162 cm³/mol. The molecule has 0 aromatic carbocycles. The van der Waals surface area contributed by atoms with Gasteiger partial charge >= 0.3 is 17.9 Å². The summed E-state index contributed by atoms with van der Waals surface area (Å²) in [4.78, 5) is 80.9. The first-order valence-electron chi connectivity index (χ1n) is 15.5. The molecule has 0 aliphatic carbocycles. The number of nitrogens with zero attached hydrogens (tertiary/aromatic N) is 4. The summed E-state index contributed by atoms with van der Waals surface area (Å²) < 4.78 is 5.63. The van der Waals surface area contributed by atoms with E-state index in [1.807, 2.05) is 0 Å². The highest BCUT2D eigenvalue weighted by molar-refractivity contribution is 5.82. The fourth-order valence-corrected chi connectivity index (χ4v) is 5.60. The Kier molecular flexibility index (Phi) is 14.6. The fourth-order valence-electron chi connectivity index (χ4n) is 5.60. The van der Waals surface area contributed by atoms with Crippen LogP contribution in [0.15, 0.2) is 18.5 Å². The maximum absolute atomic E-state index is 13.3. The topological polar surface area (TPSA) is 219 Å². The van der Waals surface area contributed by atoms with Gasteiger partial charge in [-0.15, -0.1) is 0 Å². The van der Waals surface area contributed by atoms with Crippen LogP contribution in [0, 0.1) is 5.92 Å². The van der Waals surface area contributed by atoms with Crippen LogP contribution in [0.1, 0.15) is 56.6 Å². The Labute approximate surface area is 267 Å². The molecule has 2 aliphatic rings. The molecule has 0 bridgehead atoms. The quantitative estimate of drug-likeness (QED) is 0.130. The molecule has 3 rings (SSSR count). The molecule has 2 atom stereocenters. The summed E-state index contributed by atoms with van der Waals surface area (Å²) in [5.41, 5.74) is 0.403. The average Bonchev–Trinajstić information content (AvgIpc) is 3.01. The van der Waals surface area contributed by atoms with Gasteiger partial charge in [-0.1, -0.05) is 6.42 Å². The molecule has 0 spiro atoms. The van der Waals surface area contributed by atoms with Crippen LogP contribution in [0.25, 0.3) is 0 Å². The van der Waals surface area contributed by atoms with Crippen molar-refractivity contribution in [3.05, 3.63) is 24.0 Å². The lowest BCUT2D eigenvalue weighted by atomic mass is 9.95. The van der Waals surface area contributed by atoms with Crippen LogP contribution < -0.4 is 15.4 Å². The summed E-state index contributed by atoms with van der Waals surface area (Å²) >= 11 is 0. The summed E-state index contributed by atoms with van der Waals surface area (Å²) in [6.07, 6.45) is 7.60. The van der Waals surface area contributed by atoms with Gasteiger partial charge < -0.3 is 40.5 Å². The summed E-state index contributed by atoms with van der Waals surface area (Å²) in [5.74, 6) is -4.78. The van der Waals surface area contributed by atoms with E-state index in [0.717, 1.165) is 30.8 Å². The second kappa shape index (κ2) is 18.6. The zero-order valence-electron chi connectivity index (χ0n) is 25.9. The minimum atomic E-state index is -1.27. The van der Waals surface area contributed by atoms with Crippen molar-refractivity contribution in [2.24, 2.45) is 5.92 Å². The maximum atomic E-state index is 13.3. The lowest BCUT2D eigenvalue weighted by molar-refractivity contribution is -0.143. The Bertz CT molecular complexity index is 1210. The van der Waals surface area contributed by atoms with Crippen LogP contribution in [0.2, 0.25) is 0 Å². The Balaban J connectivity index is 1.50. The molecule has 2 saturated heterocycles. The van der Waals surface area contributed by atoms with Gasteiger partial charge in [0.1, 0.15) is 12.4 Å². The molecule has 1 aromatic rings. The van der Waals surface area contributed by atoms with Crippen LogP contribution in [0.4, 0.5) is 0 Å². The molecular weight excluding hydrogens is 604 g/mol. The number of carboxylic acids is 3. The molecule has 254 valence electrons. The Morgan fingerprint density at radius 3 is 2.33 bits per heavy atom. The molecule has 16 heteroatoms. The molecule has 2 fully saturated rings. The van der Waals surface area contributed by atoms with Crippen molar-refractivity contribution in [1.82, 2.24) is 30.3 Å². The minimum Gasteiger partial charge on any atom is -0.490 e. The molecule has 2 aliphatic heterocycles. The Hall–Kier alpha value is -4.31. The molecule has 0 saturated carbocycles. The lowest BCUT2D eigenvalue weighted by Gasteiger charge is -2.34. The van der Waals surface area contributed by atoms with Crippen LogP contribution in [-0.2, 0) is 28.8 Å². The fraction of sp³-hybridized carbons (Fsp3) is 0.633. The van der Waals surface area contributed by atoms with Gasteiger partial charge in [-0.3, -0.25) is 38.7 Å². The molecule has 46 heavy (non-hydrogen) atoms. The van der Waals surface area contributed by atoms with E-state index in [-0.39, 0.29) is 37.3 Å². The van der Waals surface area contributed by atoms with Crippen LogP contribution >= 0.6 is 0 Å².